The van der Waals surface area contributed by atoms with Gasteiger partial charge < -0.3 is 14.8 Å². The third-order valence-corrected chi connectivity index (χ3v) is 6.36. The average Bonchev–Trinajstić information content (AvgIpc) is 2.77. The second kappa shape index (κ2) is 9.53. The normalized spacial score (nSPS) is 10.9. The monoisotopic (exact) mass is 440 g/mol. The fourth-order valence-corrected chi connectivity index (χ4v) is 4.50. The van der Waals surface area contributed by atoms with Gasteiger partial charge in [-0.3, -0.25) is 9.10 Å². The predicted octanol–water partition coefficient (Wildman–Crippen LogP) is 3.85. The lowest BCUT2D eigenvalue weighted by Crippen LogP contribution is -2.38. The molecule has 1 N–H and O–H groups in total. The van der Waals surface area contributed by atoms with Crippen molar-refractivity contribution in [3.63, 3.8) is 0 Å². The summed E-state index contributed by atoms with van der Waals surface area (Å²) in [6, 6.07) is 19.9. The van der Waals surface area contributed by atoms with Crippen molar-refractivity contribution >= 4 is 27.3 Å². The number of benzene rings is 3. The third-order valence-electron chi connectivity index (χ3n) is 4.59. The minimum absolute atomic E-state index is 0.0301. The highest BCUT2D eigenvalue weighted by atomic mass is 32.2. The summed E-state index contributed by atoms with van der Waals surface area (Å²) in [6.45, 7) is 1.48. The standard InChI is InChI=1S/C23H24N2O5S/c1-17-7-6-8-18(15-17)24-23(26)16-25(21-9-4-5-10-22(21)30-3)31(27,28)20-13-11-19(29-2)12-14-20/h4-15H,16H2,1-3H3,(H,24,26). The number of anilines is 2. The minimum atomic E-state index is -4.07. The largest absolute Gasteiger partial charge is 0.497 e. The van der Waals surface area contributed by atoms with Gasteiger partial charge in [0.25, 0.3) is 10.0 Å². The Morgan fingerprint density at radius 3 is 2.29 bits per heavy atom. The number of methoxy groups -OCH3 is 2. The van der Waals surface area contributed by atoms with Crippen LogP contribution in [0, 0.1) is 6.92 Å². The number of aryl methyl sites for hydroxylation is 1. The summed E-state index contributed by atoms with van der Waals surface area (Å²) in [5.41, 5.74) is 1.83. The van der Waals surface area contributed by atoms with Crippen molar-refractivity contribution in [3.8, 4) is 11.5 Å². The molecule has 3 aromatic carbocycles. The topological polar surface area (TPSA) is 84.9 Å². The Kier molecular flexibility index (Phi) is 6.81. The lowest BCUT2D eigenvalue weighted by Gasteiger charge is -2.25. The van der Waals surface area contributed by atoms with Crippen LogP contribution in [0.25, 0.3) is 0 Å². The average molecular weight is 441 g/mol. The fraction of sp³-hybridized carbons (Fsp3) is 0.174. The quantitative estimate of drug-likeness (QED) is 0.575. The van der Waals surface area contributed by atoms with Crippen LogP contribution in [0.2, 0.25) is 0 Å². The van der Waals surface area contributed by atoms with Gasteiger partial charge in [0.05, 0.1) is 24.8 Å². The van der Waals surface area contributed by atoms with E-state index in [1.165, 1.54) is 26.4 Å². The van der Waals surface area contributed by atoms with Gasteiger partial charge in [-0.05, 0) is 61.0 Å². The molecule has 0 bridgehead atoms. The van der Waals surface area contributed by atoms with Crippen LogP contribution in [-0.4, -0.2) is 35.1 Å². The van der Waals surface area contributed by atoms with E-state index in [1.807, 2.05) is 25.1 Å². The smallest absolute Gasteiger partial charge is 0.264 e. The summed E-state index contributed by atoms with van der Waals surface area (Å²) in [6.07, 6.45) is 0. The van der Waals surface area contributed by atoms with Gasteiger partial charge in [-0.2, -0.15) is 0 Å². The van der Waals surface area contributed by atoms with Crippen LogP contribution in [0.4, 0.5) is 11.4 Å². The van der Waals surface area contributed by atoms with Crippen molar-refractivity contribution in [3.05, 3.63) is 78.4 Å². The molecular formula is C23H24N2O5S. The highest BCUT2D eigenvalue weighted by Gasteiger charge is 2.29. The van der Waals surface area contributed by atoms with Crippen molar-refractivity contribution in [2.75, 3.05) is 30.4 Å². The molecule has 162 valence electrons. The summed E-state index contributed by atoms with van der Waals surface area (Å²) in [5.74, 6) is 0.386. The van der Waals surface area contributed by atoms with Crippen LogP contribution >= 0.6 is 0 Å². The summed E-state index contributed by atoms with van der Waals surface area (Å²) < 4.78 is 38.5. The van der Waals surface area contributed by atoms with Crippen molar-refractivity contribution < 1.29 is 22.7 Å². The van der Waals surface area contributed by atoms with E-state index >= 15 is 0 Å². The van der Waals surface area contributed by atoms with Crippen LogP contribution < -0.4 is 19.1 Å². The zero-order chi connectivity index (χ0) is 22.4. The van der Waals surface area contributed by atoms with Crippen molar-refractivity contribution in [1.29, 1.82) is 0 Å². The number of nitrogens with zero attached hydrogens (tertiary/aromatic N) is 1. The van der Waals surface area contributed by atoms with Gasteiger partial charge in [-0.1, -0.05) is 24.3 Å². The van der Waals surface area contributed by atoms with Gasteiger partial charge in [-0.25, -0.2) is 8.42 Å². The molecule has 0 saturated carbocycles. The van der Waals surface area contributed by atoms with Crippen LogP contribution in [-0.2, 0) is 14.8 Å². The molecule has 8 heteroatoms. The molecule has 0 unspecified atom stereocenters. The van der Waals surface area contributed by atoms with Gasteiger partial charge in [0.1, 0.15) is 18.0 Å². The Bertz CT molecular complexity index is 1160. The number of sulfonamides is 1. The molecule has 0 saturated heterocycles. The predicted molar refractivity (Wildman–Crippen MR) is 120 cm³/mol. The molecule has 0 aliphatic heterocycles. The number of nitrogens with one attached hydrogen (secondary N) is 1. The first-order valence-corrected chi connectivity index (χ1v) is 11.0. The van der Waals surface area contributed by atoms with E-state index in [0.29, 0.717) is 17.2 Å². The summed E-state index contributed by atoms with van der Waals surface area (Å²) in [7, 11) is -1.12. The molecule has 0 aliphatic carbocycles. The second-order valence-corrected chi connectivity index (χ2v) is 8.64. The van der Waals surface area contributed by atoms with Crippen LogP contribution in [0.5, 0.6) is 11.5 Å². The van der Waals surface area contributed by atoms with Gasteiger partial charge in [0.15, 0.2) is 0 Å². The van der Waals surface area contributed by atoms with Crippen LogP contribution in [0.15, 0.2) is 77.7 Å². The zero-order valence-electron chi connectivity index (χ0n) is 17.5. The SMILES string of the molecule is COc1ccc(S(=O)(=O)N(CC(=O)Nc2cccc(C)c2)c2ccccc2OC)cc1. The maximum atomic E-state index is 13.5. The van der Waals surface area contributed by atoms with E-state index in [0.717, 1.165) is 9.87 Å². The Balaban J connectivity index is 1.99. The van der Waals surface area contributed by atoms with Crippen LogP contribution in [0.1, 0.15) is 5.56 Å². The van der Waals surface area contributed by atoms with E-state index in [9.17, 15) is 13.2 Å². The van der Waals surface area contributed by atoms with E-state index in [-0.39, 0.29) is 10.6 Å². The summed E-state index contributed by atoms with van der Waals surface area (Å²) in [5, 5.41) is 2.76. The first-order valence-electron chi connectivity index (χ1n) is 9.51. The van der Waals surface area contributed by atoms with E-state index < -0.39 is 22.5 Å². The maximum Gasteiger partial charge on any atom is 0.264 e. The molecule has 3 aromatic rings. The zero-order valence-corrected chi connectivity index (χ0v) is 18.3. The first kappa shape index (κ1) is 22.2. The van der Waals surface area contributed by atoms with Crippen molar-refractivity contribution in [2.24, 2.45) is 0 Å². The first-order chi connectivity index (χ1) is 14.8. The van der Waals surface area contributed by atoms with Crippen molar-refractivity contribution in [2.45, 2.75) is 11.8 Å². The molecule has 1 amide bonds. The number of ether oxygens (including phenoxy) is 2. The third kappa shape index (κ3) is 5.16. The maximum absolute atomic E-state index is 13.5. The molecule has 0 heterocycles. The Morgan fingerprint density at radius 1 is 0.935 bits per heavy atom. The van der Waals surface area contributed by atoms with Gasteiger partial charge in [-0.15, -0.1) is 0 Å². The molecule has 0 aromatic heterocycles. The number of carbonyl (C=O) groups is 1. The Labute approximate surface area is 182 Å². The molecule has 0 spiro atoms. The van der Waals surface area contributed by atoms with Crippen LogP contribution in [0.3, 0.4) is 0 Å². The fourth-order valence-electron chi connectivity index (χ4n) is 3.06. The van der Waals surface area contributed by atoms with E-state index in [4.69, 9.17) is 9.47 Å². The lowest BCUT2D eigenvalue weighted by atomic mass is 10.2. The van der Waals surface area contributed by atoms with Gasteiger partial charge >= 0.3 is 0 Å². The van der Waals surface area contributed by atoms with Gasteiger partial charge in [0, 0.05) is 5.69 Å². The van der Waals surface area contributed by atoms with E-state index in [2.05, 4.69) is 5.32 Å². The second-order valence-electron chi connectivity index (χ2n) is 6.78. The van der Waals surface area contributed by atoms with Gasteiger partial charge in [0.2, 0.25) is 5.91 Å². The number of amides is 1. The molecule has 0 fully saturated rings. The number of hydrogen-bond donors (Lipinski definition) is 1. The Hall–Kier alpha value is -3.52. The number of rotatable bonds is 8. The molecule has 7 nitrogen and oxygen atoms in total. The molecule has 0 atom stereocenters. The molecule has 0 radical (unpaired) electrons. The molecule has 31 heavy (non-hydrogen) atoms. The molecule has 3 rings (SSSR count). The minimum Gasteiger partial charge on any atom is -0.497 e. The van der Waals surface area contributed by atoms with E-state index in [1.54, 1.807) is 42.5 Å². The number of hydrogen-bond acceptors (Lipinski definition) is 5. The summed E-state index contributed by atoms with van der Waals surface area (Å²) >= 11 is 0. The number of carbonyl (C=O) groups excluding carboxylic acids is 1. The highest BCUT2D eigenvalue weighted by Crippen LogP contribution is 2.32. The highest BCUT2D eigenvalue weighted by molar-refractivity contribution is 7.92. The Morgan fingerprint density at radius 2 is 1.65 bits per heavy atom. The van der Waals surface area contributed by atoms with Crippen molar-refractivity contribution in [1.82, 2.24) is 0 Å². The summed E-state index contributed by atoms with van der Waals surface area (Å²) in [4.78, 5) is 12.8. The molecule has 0 aliphatic rings. The lowest BCUT2D eigenvalue weighted by molar-refractivity contribution is -0.114. The molecular weight excluding hydrogens is 416 g/mol. The number of para-hydroxylation sites is 2.